The molecule has 1 unspecified atom stereocenters. The molecule has 8 nitrogen and oxygen atoms in total. The van der Waals surface area contributed by atoms with Gasteiger partial charge in [0.25, 0.3) is 5.91 Å². The molecule has 2 aromatic heterocycles. The number of amides is 3. The van der Waals surface area contributed by atoms with Crippen molar-refractivity contribution in [3.05, 3.63) is 45.4 Å². The molecule has 1 atom stereocenters. The van der Waals surface area contributed by atoms with E-state index in [-0.39, 0.29) is 25.0 Å². The number of benzene rings is 1. The molecule has 0 bridgehead atoms. The monoisotopic (exact) mass is 485 g/mol. The molecule has 1 fully saturated rings. The van der Waals surface area contributed by atoms with Gasteiger partial charge >= 0.3 is 6.09 Å². The molecule has 2 aliphatic rings. The normalized spacial score (nSPS) is 17.9. The summed E-state index contributed by atoms with van der Waals surface area (Å²) >= 11 is 8.39. The second-order valence-electron chi connectivity index (χ2n) is 8.04. The van der Waals surface area contributed by atoms with Crippen molar-refractivity contribution in [2.45, 2.75) is 25.8 Å². The Bertz CT molecular complexity index is 1290. The highest BCUT2D eigenvalue weighted by molar-refractivity contribution is 7.19. The van der Waals surface area contributed by atoms with Crippen molar-refractivity contribution in [1.82, 2.24) is 9.88 Å². The van der Waals surface area contributed by atoms with E-state index >= 15 is 0 Å². The van der Waals surface area contributed by atoms with Crippen LogP contribution < -0.4 is 10.5 Å². The number of primary amides is 1. The minimum atomic E-state index is -0.710. The molecule has 1 saturated heterocycles. The molecule has 5 rings (SSSR count). The van der Waals surface area contributed by atoms with Crippen LogP contribution in [0.15, 0.2) is 24.3 Å². The summed E-state index contributed by atoms with van der Waals surface area (Å²) < 4.78 is 10.1. The Labute approximate surface area is 198 Å². The molecule has 3 amide bonds. The Morgan fingerprint density at radius 1 is 1.33 bits per heavy atom. The average Bonchev–Trinajstić information content (AvgIpc) is 3.33. The van der Waals surface area contributed by atoms with Crippen LogP contribution in [0.5, 0.6) is 5.75 Å². The predicted octanol–water partition coefficient (Wildman–Crippen LogP) is 3.69. The first-order valence-electron chi connectivity index (χ1n) is 10.4. The quantitative estimate of drug-likeness (QED) is 0.589. The van der Waals surface area contributed by atoms with Crippen molar-refractivity contribution in [2.75, 3.05) is 13.7 Å². The van der Waals surface area contributed by atoms with E-state index in [2.05, 4.69) is 0 Å². The summed E-state index contributed by atoms with van der Waals surface area (Å²) in [6.45, 7) is -0.367. The van der Waals surface area contributed by atoms with Crippen molar-refractivity contribution in [2.24, 2.45) is 11.7 Å². The van der Waals surface area contributed by atoms with Crippen LogP contribution in [0.4, 0.5) is 4.79 Å². The van der Waals surface area contributed by atoms with Gasteiger partial charge in [-0.2, -0.15) is 0 Å². The van der Waals surface area contributed by atoms with E-state index in [0.717, 1.165) is 36.7 Å². The number of aryl methyl sites for hydroxylation is 1. The van der Waals surface area contributed by atoms with Gasteiger partial charge in [-0.15, -0.1) is 11.3 Å². The molecule has 1 aliphatic heterocycles. The van der Waals surface area contributed by atoms with Gasteiger partial charge in [0.2, 0.25) is 5.91 Å². The number of fused-ring (bicyclic) bond motifs is 3. The minimum Gasteiger partial charge on any atom is -0.497 e. The molecule has 170 valence electrons. The van der Waals surface area contributed by atoms with E-state index in [4.69, 9.17) is 31.8 Å². The number of rotatable bonds is 5. The van der Waals surface area contributed by atoms with E-state index < -0.39 is 12.0 Å². The zero-order valence-electron chi connectivity index (χ0n) is 17.7. The number of halogens is 1. The van der Waals surface area contributed by atoms with Gasteiger partial charge in [0.05, 0.1) is 24.4 Å². The number of imide groups is 1. The molecule has 10 heteroatoms. The molecule has 33 heavy (non-hydrogen) atoms. The fraction of sp³-hybridized carbons (Fsp3) is 0.304. The van der Waals surface area contributed by atoms with Gasteiger partial charge in [0.15, 0.2) is 6.61 Å². The molecule has 3 heterocycles. The molecule has 0 saturated carbocycles. The second kappa shape index (κ2) is 8.31. The second-order valence-corrected chi connectivity index (χ2v) is 9.50. The first-order valence-corrected chi connectivity index (χ1v) is 11.6. The number of thiophene rings is 1. The summed E-state index contributed by atoms with van der Waals surface area (Å²) in [5, 5.41) is 1.31. The van der Waals surface area contributed by atoms with E-state index in [1.54, 1.807) is 7.11 Å². The highest BCUT2D eigenvalue weighted by Gasteiger charge is 2.34. The van der Waals surface area contributed by atoms with E-state index in [0.29, 0.717) is 35.7 Å². The summed E-state index contributed by atoms with van der Waals surface area (Å²) in [6, 6.07) is 7.52. The number of pyridine rings is 1. The molecule has 1 aliphatic carbocycles. The van der Waals surface area contributed by atoms with E-state index in [1.165, 1.54) is 11.3 Å². The van der Waals surface area contributed by atoms with Gasteiger partial charge in [-0.1, -0.05) is 23.7 Å². The first-order chi connectivity index (χ1) is 15.9. The SMILES string of the molecule is COc1ccc(-c2c(Cl)c(CN3C(=O)COC3=O)nc3sc4c(c23)CCC(C(N)=O)C4)cc1. The zero-order valence-corrected chi connectivity index (χ0v) is 19.3. The summed E-state index contributed by atoms with van der Waals surface area (Å²) in [7, 11) is 1.60. The van der Waals surface area contributed by atoms with Gasteiger partial charge in [-0.05, 0) is 42.5 Å². The predicted molar refractivity (Wildman–Crippen MR) is 123 cm³/mol. The molecule has 1 aromatic carbocycles. The molecular formula is C23H20ClN3O5S. The molecular weight excluding hydrogens is 466 g/mol. The Kier molecular flexibility index (Phi) is 5.46. The van der Waals surface area contributed by atoms with Crippen LogP contribution in [-0.2, 0) is 33.7 Å². The highest BCUT2D eigenvalue weighted by atomic mass is 35.5. The van der Waals surface area contributed by atoms with Crippen molar-refractivity contribution in [3.63, 3.8) is 0 Å². The number of ether oxygens (including phenoxy) is 2. The van der Waals surface area contributed by atoms with Crippen LogP contribution in [0.1, 0.15) is 22.6 Å². The third-order valence-corrected chi connectivity index (χ3v) is 7.69. The highest BCUT2D eigenvalue weighted by Crippen LogP contribution is 2.46. The van der Waals surface area contributed by atoms with Gasteiger partial charge < -0.3 is 15.2 Å². The van der Waals surface area contributed by atoms with Crippen LogP contribution in [-0.4, -0.2) is 41.5 Å². The number of nitrogens with two attached hydrogens (primary N) is 1. The Morgan fingerprint density at radius 3 is 2.73 bits per heavy atom. The third-order valence-electron chi connectivity index (χ3n) is 6.14. The van der Waals surface area contributed by atoms with Crippen LogP contribution in [0, 0.1) is 5.92 Å². The summed E-state index contributed by atoms with van der Waals surface area (Å²) in [5.41, 5.74) is 8.75. The van der Waals surface area contributed by atoms with Gasteiger partial charge in [-0.25, -0.2) is 14.7 Å². The fourth-order valence-electron chi connectivity index (χ4n) is 4.39. The van der Waals surface area contributed by atoms with Crippen LogP contribution in [0.3, 0.4) is 0 Å². The number of hydrogen-bond donors (Lipinski definition) is 1. The van der Waals surface area contributed by atoms with Crippen LogP contribution in [0.2, 0.25) is 5.02 Å². The number of carbonyl (C=O) groups excluding carboxylic acids is 3. The molecule has 3 aromatic rings. The summed E-state index contributed by atoms with van der Waals surface area (Å²) in [5.74, 6) is -0.227. The molecule has 0 radical (unpaired) electrons. The lowest BCUT2D eigenvalue weighted by atomic mass is 9.86. The van der Waals surface area contributed by atoms with Crippen molar-refractivity contribution >= 4 is 51.1 Å². The number of nitrogens with zero attached hydrogens (tertiary/aromatic N) is 2. The maximum atomic E-state index is 12.1. The van der Waals surface area contributed by atoms with E-state index in [9.17, 15) is 14.4 Å². The fourth-order valence-corrected chi connectivity index (χ4v) is 6.03. The number of cyclic esters (lactones) is 1. The Balaban J connectivity index is 1.69. The lowest BCUT2D eigenvalue weighted by Gasteiger charge is -2.20. The first kappa shape index (κ1) is 21.7. The number of hydrogen-bond acceptors (Lipinski definition) is 7. The lowest BCUT2D eigenvalue weighted by Crippen LogP contribution is -2.29. The van der Waals surface area contributed by atoms with Crippen molar-refractivity contribution in [3.8, 4) is 16.9 Å². The van der Waals surface area contributed by atoms with Gasteiger partial charge in [0.1, 0.15) is 10.6 Å². The Hall–Kier alpha value is -3.17. The smallest absolute Gasteiger partial charge is 0.417 e. The van der Waals surface area contributed by atoms with Crippen molar-refractivity contribution < 1.29 is 23.9 Å². The zero-order chi connectivity index (χ0) is 23.3. The minimum absolute atomic E-state index is 0.0813. The van der Waals surface area contributed by atoms with E-state index in [1.807, 2.05) is 24.3 Å². The summed E-state index contributed by atoms with van der Waals surface area (Å²) in [6.07, 6.45) is 1.22. The standard InChI is InChI=1S/C23H20ClN3O5S/c1-31-13-5-2-11(3-6-13)18-19-14-7-4-12(21(25)29)8-16(14)33-22(19)26-15(20(18)24)9-27-17(28)10-32-23(27)30/h2-3,5-6,12H,4,7-10H2,1H3,(H2,25,29). The summed E-state index contributed by atoms with van der Waals surface area (Å²) in [4.78, 5) is 43.5. The number of carbonyl (C=O) groups is 3. The number of methoxy groups -OCH3 is 1. The van der Waals surface area contributed by atoms with Crippen LogP contribution in [0.25, 0.3) is 21.3 Å². The maximum Gasteiger partial charge on any atom is 0.417 e. The number of aromatic nitrogens is 1. The largest absolute Gasteiger partial charge is 0.497 e. The topological polar surface area (TPSA) is 112 Å². The van der Waals surface area contributed by atoms with Gasteiger partial charge in [-0.3, -0.25) is 9.59 Å². The van der Waals surface area contributed by atoms with Crippen molar-refractivity contribution in [1.29, 1.82) is 0 Å². The molecule has 0 spiro atoms. The molecule has 2 N–H and O–H groups in total. The lowest BCUT2D eigenvalue weighted by molar-refractivity contribution is -0.126. The third kappa shape index (κ3) is 3.71. The Morgan fingerprint density at radius 2 is 2.09 bits per heavy atom. The average molecular weight is 486 g/mol. The van der Waals surface area contributed by atoms with Gasteiger partial charge in [0, 0.05) is 21.7 Å². The van der Waals surface area contributed by atoms with Crippen LogP contribution >= 0.6 is 22.9 Å². The maximum absolute atomic E-state index is 12.1.